The van der Waals surface area contributed by atoms with Crippen molar-refractivity contribution in [3.05, 3.63) is 53.1 Å². The van der Waals surface area contributed by atoms with E-state index in [1.165, 1.54) is 5.54 Å². The molecule has 0 heterocycles. The topological polar surface area (TPSA) is 26.0 Å². The highest BCUT2D eigenvalue weighted by molar-refractivity contribution is 6.25. The molecule has 0 radical (unpaired) electrons. The van der Waals surface area contributed by atoms with Gasteiger partial charge in [-0.25, -0.2) is 0 Å². The smallest absolute Gasteiger partial charge is 0.0186 e. The number of hydrogen-bond acceptors (Lipinski definition) is 1. The van der Waals surface area contributed by atoms with E-state index in [0.29, 0.717) is 6.54 Å². The molecule has 2 N–H and O–H groups in total. The lowest BCUT2D eigenvalue weighted by Gasteiger charge is -1.94. The molecular weight excluding hydrogens is 182 g/mol. The van der Waals surface area contributed by atoms with Crippen molar-refractivity contribution in [3.8, 4) is 0 Å². The number of rotatable bonds is 3. The number of hydrogen-bond donors (Lipinski definition) is 1. The zero-order chi connectivity index (χ0) is 9.52. The first-order chi connectivity index (χ1) is 6.36. The first-order valence-electron chi connectivity index (χ1n) is 4.09. The van der Waals surface area contributed by atoms with Crippen LogP contribution >= 0.6 is 11.6 Å². The second kappa shape index (κ2) is 5.57. The van der Waals surface area contributed by atoms with Gasteiger partial charge in [0, 0.05) is 12.1 Å². The Hall–Kier alpha value is -1.05. The van der Waals surface area contributed by atoms with E-state index in [-0.39, 0.29) is 0 Å². The average molecular weight is 194 g/mol. The van der Waals surface area contributed by atoms with Gasteiger partial charge in [0.25, 0.3) is 0 Å². The van der Waals surface area contributed by atoms with Gasteiger partial charge in [-0.15, -0.1) is 0 Å². The fraction of sp³-hybridized carbons (Fsp3) is 0.0909. The van der Waals surface area contributed by atoms with Gasteiger partial charge in [-0.05, 0) is 11.1 Å². The van der Waals surface area contributed by atoms with Crippen LogP contribution in [0.4, 0.5) is 0 Å². The molecule has 0 saturated heterocycles. The van der Waals surface area contributed by atoms with Gasteiger partial charge in [-0.2, -0.15) is 0 Å². The molecule has 0 amide bonds. The lowest BCUT2D eigenvalue weighted by molar-refractivity contribution is 1.20. The molecule has 13 heavy (non-hydrogen) atoms. The minimum absolute atomic E-state index is 0.465. The van der Waals surface area contributed by atoms with Crippen LogP contribution in [0.1, 0.15) is 5.56 Å². The standard InChI is InChI=1S/C11H12ClN/c12-8-11(9-13)7-6-10-4-2-1-3-5-10/h1-8H,9,13H2/b7-6+,11-8?. The maximum atomic E-state index is 5.54. The van der Waals surface area contributed by atoms with Crippen LogP contribution in [-0.2, 0) is 0 Å². The Morgan fingerprint density at radius 1 is 1.31 bits per heavy atom. The molecule has 0 aromatic heterocycles. The van der Waals surface area contributed by atoms with E-state index in [1.54, 1.807) is 0 Å². The van der Waals surface area contributed by atoms with Gasteiger partial charge in [-0.1, -0.05) is 54.1 Å². The van der Waals surface area contributed by atoms with Gasteiger partial charge < -0.3 is 5.73 Å². The van der Waals surface area contributed by atoms with Crippen molar-refractivity contribution in [2.24, 2.45) is 5.73 Å². The van der Waals surface area contributed by atoms with Crippen LogP contribution in [0, 0.1) is 0 Å². The van der Waals surface area contributed by atoms with E-state index in [4.69, 9.17) is 17.3 Å². The zero-order valence-corrected chi connectivity index (χ0v) is 8.04. The van der Waals surface area contributed by atoms with Crippen molar-refractivity contribution >= 4 is 17.7 Å². The van der Waals surface area contributed by atoms with Crippen molar-refractivity contribution in [2.75, 3.05) is 6.54 Å². The number of nitrogens with two attached hydrogens (primary N) is 1. The Labute approximate surface area is 83.5 Å². The molecule has 0 unspecified atom stereocenters. The van der Waals surface area contributed by atoms with Crippen molar-refractivity contribution in [2.45, 2.75) is 0 Å². The molecule has 0 saturated carbocycles. The van der Waals surface area contributed by atoms with Crippen molar-refractivity contribution in [3.63, 3.8) is 0 Å². The quantitative estimate of drug-likeness (QED) is 0.735. The van der Waals surface area contributed by atoms with Gasteiger partial charge in [0.05, 0.1) is 0 Å². The summed E-state index contributed by atoms with van der Waals surface area (Å²) in [5, 5.41) is 0. The van der Waals surface area contributed by atoms with Gasteiger partial charge in [0.1, 0.15) is 0 Å². The zero-order valence-electron chi connectivity index (χ0n) is 7.28. The molecule has 0 aliphatic heterocycles. The predicted molar refractivity (Wildman–Crippen MR) is 58.5 cm³/mol. The summed E-state index contributed by atoms with van der Waals surface area (Å²) in [4.78, 5) is 0. The molecule has 1 rings (SSSR count). The highest BCUT2D eigenvalue weighted by Crippen LogP contribution is 2.04. The summed E-state index contributed by atoms with van der Waals surface area (Å²) in [7, 11) is 0. The van der Waals surface area contributed by atoms with Crippen LogP contribution in [0.5, 0.6) is 0 Å². The summed E-state index contributed by atoms with van der Waals surface area (Å²) in [6, 6.07) is 10.0. The van der Waals surface area contributed by atoms with Gasteiger partial charge in [-0.3, -0.25) is 0 Å². The Balaban J connectivity index is 2.69. The Morgan fingerprint density at radius 3 is 2.54 bits per heavy atom. The summed E-state index contributed by atoms with van der Waals surface area (Å²) in [5.41, 5.74) is 9.01. The molecule has 1 nitrogen and oxygen atoms in total. The summed E-state index contributed by atoms with van der Waals surface area (Å²) >= 11 is 5.54. The molecule has 0 aliphatic carbocycles. The number of halogens is 1. The summed E-state index contributed by atoms with van der Waals surface area (Å²) in [6.45, 7) is 0.465. The molecule has 0 aliphatic rings. The molecule has 0 atom stereocenters. The van der Waals surface area contributed by atoms with E-state index in [1.807, 2.05) is 42.5 Å². The molecule has 0 bridgehead atoms. The molecular formula is C11H12ClN. The maximum absolute atomic E-state index is 5.54. The van der Waals surface area contributed by atoms with Gasteiger partial charge >= 0.3 is 0 Å². The fourth-order valence-electron chi connectivity index (χ4n) is 0.916. The molecule has 2 heteroatoms. The summed E-state index contributed by atoms with van der Waals surface area (Å²) in [6.07, 6.45) is 3.91. The van der Waals surface area contributed by atoms with Crippen LogP contribution in [0.25, 0.3) is 6.08 Å². The second-order valence-corrected chi connectivity index (χ2v) is 2.85. The third-order valence-corrected chi connectivity index (χ3v) is 1.95. The Morgan fingerprint density at radius 2 is 2.00 bits per heavy atom. The van der Waals surface area contributed by atoms with Gasteiger partial charge in [0.2, 0.25) is 0 Å². The summed E-state index contributed by atoms with van der Waals surface area (Å²) in [5.74, 6) is 0. The van der Waals surface area contributed by atoms with Gasteiger partial charge in [0.15, 0.2) is 0 Å². The van der Waals surface area contributed by atoms with E-state index >= 15 is 0 Å². The van der Waals surface area contributed by atoms with Crippen LogP contribution in [0.15, 0.2) is 47.5 Å². The van der Waals surface area contributed by atoms with Crippen molar-refractivity contribution in [1.29, 1.82) is 0 Å². The lowest BCUT2D eigenvalue weighted by atomic mass is 10.2. The van der Waals surface area contributed by atoms with E-state index < -0.39 is 0 Å². The summed E-state index contributed by atoms with van der Waals surface area (Å²) < 4.78 is 0. The predicted octanol–water partition coefficient (Wildman–Crippen LogP) is 2.78. The third-order valence-electron chi connectivity index (χ3n) is 1.67. The van der Waals surface area contributed by atoms with E-state index in [9.17, 15) is 0 Å². The molecule has 0 spiro atoms. The second-order valence-electron chi connectivity index (χ2n) is 2.63. The van der Waals surface area contributed by atoms with Crippen LogP contribution < -0.4 is 5.73 Å². The first-order valence-corrected chi connectivity index (χ1v) is 4.53. The van der Waals surface area contributed by atoms with E-state index in [2.05, 4.69) is 0 Å². The monoisotopic (exact) mass is 193 g/mol. The molecule has 0 fully saturated rings. The average Bonchev–Trinajstić information content (AvgIpc) is 2.21. The van der Waals surface area contributed by atoms with Crippen LogP contribution in [0.2, 0.25) is 0 Å². The van der Waals surface area contributed by atoms with E-state index in [0.717, 1.165) is 11.1 Å². The lowest BCUT2D eigenvalue weighted by Crippen LogP contribution is -1.99. The Kier molecular flexibility index (Phi) is 4.30. The first kappa shape index (κ1) is 10.0. The van der Waals surface area contributed by atoms with Crippen LogP contribution in [-0.4, -0.2) is 6.54 Å². The highest BCUT2D eigenvalue weighted by Gasteiger charge is 1.86. The molecule has 1 aromatic rings. The highest BCUT2D eigenvalue weighted by atomic mass is 35.5. The SMILES string of the molecule is NCC(=CCl)/C=C/c1ccccc1. The van der Waals surface area contributed by atoms with Crippen LogP contribution in [0.3, 0.4) is 0 Å². The largest absolute Gasteiger partial charge is 0.326 e. The van der Waals surface area contributed by atoms with Crippen molar-refractivity contribution in [1.82, 2.24) is 0 Å². The third kappa shape index (κ3) is 3.45. The maximum Gasteiger partial charge on any atom is 0.0186 e. The minimum Gasteiger partial charge on any atom is -0.326 e. The molecule has 68 valence electrons. The molecule has 1 aromatic carbocycles. The van der Waals surface area contributed by atoms with Crippen molar-refractivity contribution < 1.29 is 0 Å². The fourth-order valence-corrected chi connectivity index (χ4v) is 1.08. The minimum atomic E-state index is 0.465. The normalized spacial score (nSPS) is 12.3. The Bertz CT molecular complexity index is 301. The number of benzene rings is 1.